The molecule has 0 spiro atoms. The summed E-state index contributed by atoms with van der Waals surface area (Å²) in [6, 6.07) is 3.32. The molecule has 45 heavy (non-hydrogen) atoms. The molecule has 12 nitrogen and oxygen atoms in total. The van der Waals surface area contributed by atoms with Crippen molar-refractivity contribution >= 4 is 22.0 Å². The largest absolute Gasteiger partial charge is 0.497 e. The minimum absolute atomic E-state index is 0.0360. The molecule has 5 rings (SSSR count). The number of benzene rings is 1. The Balaban J connectivity index is 1.13. The highest BCUT2D eigenvalue weighted by Crippen LogP contribution is 2.36. The standard InChI is InChI=1S/C32H47N5O7S/c1-22-17-26(42-6)18-23(2)29(22)45(40,41)37(25-7-8-25)20-28-33-27(21-43-28)30(38)35-15-13-34(14-16-35)19-24-9-11-36(12-10-24)31(39)44-32(3,4)5/h17-18,21,24-25H,7-16,19-20H2,1-6H3. The number of oxazole rings is 1. The Labute approximate surface area is 266 Å². The fourth-order valence-corrected chi connectivity index (χ4v) is 8.28. The first-order chi connectivity index (χ1) is 21.2. The summed E-state index contributed by atoms with van der Waals surface area (Å²) < 4.78 is 45.6. The molecule has 0 N–H and O–H groups in total. The third-order valence-corrected chi connectivity index (χ3v) is 10.9. The van der Waals surface area contributed by atoms with Gasteiger partial charge in [0.1, 0.15) is 17.6 Å². The lowest BCUT2D eigenvalue weighted by molar-refractivity contribution is 0.0161. The maximum atomic E-state index is 13.8. The quantitative estimate of drug-likeness (QED) is 0.397. The minimum Gasteiger partial charge on any atom is -0.497 e. The molecule has 1 aromatic heterocycles. The maximum absolute atomic E-state index is 13.8. The lowest BCUT2D eigenvalue weighted by Gasteiger charge is -2.38. The summed E-state index contributed by atoms with van der Waals surface area (Å²) in [7, 11) is -2.28. The molecule has 0 radical (unpaired) electrons. The van der Waals surface area contributed by atoms with Crippen molar-refractivity contribution in [1.82, 2.24) is 24.0 Å². The number of aromatic nitrogens is 1. The normalized spacial score (nSPS) is 18.8. The van der Waals surface area contributed by atoms with Crippen LogP contribution in [0.25, 0.3) is 0 Å². The van der Waals surface area contributed by atoms with Gasteiger partial charge in [-0.05, 0) is 89.5 Å². The third kappa shape index (κ3) is 7.98. The zero-order valence-corrected chi connectivity index (χ0v) is 28.2. The molecule has 2 aliphatic heterocycles. The molecule has 3 aliphatic rings. The van der Waals surface area contributed by atoms with Crippen molar-refractivity contribution in [3.05, 3.63) is 41.1 Å². The van der Waals surface area contributed by atoms with Crippen molar-refractivity contribution in [2.75, 3.05) is 52.9 Å². The number of amides is 2. The summed E-state index contributed by atoms with van der Waals surface area (Å²) in [5.74, 6) is 1.10. The van der Waals surface area contributed by atoms with Gasteiger partial charge in [-0.1, -0.05) is 0 Å². The van der Waals surface area contributed by atoms with Gasteiger partial charge in [-0.15, -0.1) is 0 Å². The third-order valence-electron chi connectivity index (χ3n) is 8.69. The van der Waals surface area contributed by atoms with Crippen LogP contribution in [0.1, 0.15) is 74.0 Å². The number of hydrogen-bond donors (Lipinski definition) is 0. The fourth-order valence-electron chi connectivity index (χ4n) is 6.23. The molecule has 3 fully saturated rings. The van der Waals surface area contributed by atoms with E-state index in [9.17, 15) is 18.0 Å². The average molecular weight is 646 g/mol. The van der Waals surface area contributed by atoms with Gasteiger partial charge in [0.25, 0.3) is 5.91 Å². The van der Waals surface area contributed by atoms with Gasteiger partial charge < -0.3 is 23.7 Å². The predicted octanol–water partition coefficient (Wildman–Crippen LogP) is 4.06. The predicted molar refractivity (Wildman–Crippen MR) is 168 cm³/mol. The molecule has 1 aliphatic carbocycles. The topological polar surface area (TPSA) is 126 Å². The molecule has 248 valence electrons. The summed E-state index contributed by atoms with van der Waals surface area (Å²) in [5, 5.41) is 0. The van der Waals surface area contributed by atoms with Crippen molar-refractivity contribution in [2.24, 2.45) is 5.92 Å². The van der Waals surface area contributed by atoms with E-state index in [1.54, 1.807) is 42.9 Å². The number of piperidine rings is 1. The first-order valence-electron chi connectivity index (χ1n) is 15.9. The molecular formula is C32H47N5O7S. The van der Waals surface area contributed by atoms with E-state index >= 15 is 0 Å². The van der Waals surface area contributed by atoms with Crippen molar-refractivity contribution in [3.8, 4) is 5.75 Å². The van der Waals surface area contributed by atoms with Crippen LogP contribution in [0.4, 0.5) is 4.79 Å². The van der Waals surface area contributed by atoms with Crippen LogP contribution in [0, 0.1) is 19.8 Å². The van der Waals surface area contributed by atoms with E-state index in [0.29, 0.717) is 49.0 Å². The first-order valence-corrected chi connectivity index (χ1v) is 17.3. The molecule has 0 atom stereocenters. The number of aryl methyl sites for hydroxylation is 2. The van der Waals surface area contributed by atoms with E-state index < -0.39 is 15.6 Å². The van der Waals surface area contributed by atoms with Crippen LogP contribution in [0.2, 0.25) is 0 Å². The highest BCUT2D eigenvalue weighted by molar-refractivity contribution is 7.89. The number of methoxy groups -OCH3 is 1. The van der Waals surface area contributed by atoms with Crippen molar-refractivity contribution in [3.63, 3.8) is 0 Å². The number of rotatable bonds is 9. The highest BCUT2D eigenvalue weighted by atomic mass is 32.2. The summed E-state index contributed by atoms with van der Waals surface area (Å²) in [4.78, 5) is 36.3. The zero-order valence-electron chi connectivity index (χ0n) is 27.4. The minimum atomic E-state index is -3.84. The lowest BCUT2D eigenvalue weighted by Crippen LogP contribution is -2.51. The molecule has 3 heterocycles. The van der Waals surface area contributed by atoms with Gasteiger partial charge in [0.05, 0.1) is 18.6 Å². The monoisotopic (exact) mass is 645 g/mol. The Bertz CT molecular complexity index is 1460. The Morgan fingerprint density at radius 1 is 0.978 bits per heavy atom. The van der Waals surface area contributed by atoms with Crippen molar-refractivity contribution in [1.29, 1.82) is 0 Å². The summed E-state index contributed by atoms with van der Waals surface area (Å²) >= 11 is 0. The number of nitrogens with zero attached hydrogens (tertiary/aromatic N) is 5. The Morgan fingerprint density at radius 3 is 2.16 bits per heavy atom. The van der Waals surface area contributed by atoms with Gasteiger partial charge >= 0.3 is 6.09 Å². The number of ether oxygens (including phenoxy) is 2. The van der Waals surface area contributed by atoms with Crippen LogP contribution in [-0.4, -0.2) is 109 Å². The van der Waals surface area contributed by atoms with Crippen molar-refractivity contribution in [2.45, 2.75) is 83.4 Å². The van der Waals surface area contributed by atoms with Gasteiger partial charge in [0.15, 0.2) is 5.69 Å². The molecule has 0 bridgehead atoms. The molecule has 2 aromatic rings. The van der Waals surface area contributed by atoms with E-state index in [4.69, 9.17) is 13.9 Å². The SMILES string of the molecule is COc1cc(C)c(S(=O)(=O)N(Cc2nc(C(=O)N3CCN(CC4CCN(C(=O)OC(C)(C)C)CC4)CC3)co2)C2CC2)c(C)c1. The summed E-state index contributed by atoms with van der Waals surface area (Å²) in [5.41, 5.74) is 0.933. The number of piperazine rings is 1. The molecule has 1 aromatic carbocycles. The van der Waals surface area contributed by atoms with Crippen LogP contribution in [-0.2, 0) is 21.3 Å². The zero-order chi connectivity index (χ0) is 32.5. The van der Waals surface area contributed by atoms with Crippen LogP contribution in [0.15, 0.2) is 27.7 Å². The van der Waals surface area contributed by atoms with Gasteiger partial charge in [0.2, 0.25) is 15.9 Å². The van der Waals surface area contributed by atoms with Gasteiger partial charge in [-0.2, -0.15) is 4.31 Å². The van der Waals surface area contributed by atoms with Gasteiger partial charge in [-0.3, -0.25) is 9.69 Å². The van der Waals surface area contributed by atoms with E-state index in [1.165, 1.54) is 10.6 Å². The van der Waals surface area contributed by atoms with Gasteiger partial charge in [0, 0.05) is 51.9 Å². The smallest absolute Gasteiger partial charge is 0.410 e. The number of likely N-dealkylation sites (tertiary alicyclic amines) is 1. The van der Waals surface area contributed by atoms with Crippen LogP contribution >= 0.6 is 0 Å². The number of sulfonamides is 1. The second-order valence-electron chi connectivity index (χ2n) is 13.5. The van der Waals surface area contributed by atoms with Crippen LogP contribution in [0.5, 0.6) is 5.75 Å². The second-order valence-corrected chi connectivity index (χ2v) is 15.3. The molecule has 2 saturated heterocycles. The number of hydrogen-bond acceptors (Lipinski definition) is 9. The molecule has 2 amide bonds. The molecule has 1 saturated carbocycles. The molecule has 0 unspecified atom stereocenters. The number of carbonyl (C=O) groups excluding carboxylic acids is 2. The Hall–Kier alpha value is -3.16. The number of carbonyl (C=O) groups is 2. The van der Waals surface area contributed by atoms with Crippen LogP contribution < -0.4 is 4.74 Å². The van der Waals surface area contributed by atoms with E-state index in [2.05, 4.69) is 9.88 Å². The van der Waals surface area contributed by atoms with E-state index in [1.807, 2.05) is 20.8 Å². The Kier molecular flexibility index (Phi) is 9.81. The van der Waals surface area contributed by atoms with Gasteiger partial charge in [-0.25, -0.2) is 18.2 Å². The average Bonchev–Trinajstić information content (AvgIpc) is 3.71. The van der Waals surface area contributed by atoms with E-state index in [0.717, 1.165) is 45.3 Å². The Morgan fingerprint density at radius 2 is 1.60 bits per heavy atom. The van der Waals surface area contributed by atoms with Crippen LogP contribution in [0.3, 0.4) is 0 Å². The molecule has 13 heteroatoms. The summed E-state index contributed by atoms with van der Waals surface area (Å²) in [6.45, 7) is 14.2. The first kappa shape index (κ1) is 33.2. The highest BCUT2D eigenvalue weighted by Gasteiger charge is 2.40. The lowest BCUT2D eigenvalue weighted by atomic mass is 9.96. The van der Waals surface area contributed by atoms with E-state index in [-0.39, 0.29) is 41.1 Å². The molecular weight excluding hydrogens is 598 g/mol. The summed E-state index contributed by atoms with van der Waals surface area (Å²) in [6.07, 6.45) is 4.51. The maximum Gasteiger partial charge on any atom is 0.410 e. The fraction of sp³-hybridized carbons (Fsp3) is 0.656. The second kappa shape index (κ2) is 13.3. The van der Waals surface area contributed by atoms with Crippen molar-refractivity contribution < 1.29 is 31.9 Å².